The van der Waals surface area contributed by atoms with E-state index in [1.54, 1.807) is 0 Å². The summed E-state index contributed by atoms with van der Waals surface area (Å²) in [6.07, 6.45) is 7.90. The molecule has 5 heteroatoms. The van der Waals surface area contributed by atoms with E-state index in [1.165, 1.54) is 0 Å². The Morgan fingerprint density at radius 2 is 1.72 bits per heavy atom. The number of likely N-dealkylation sites (tertiary alicyclic amines) is 1. The molecule has 4 nitrogen and oxygen atoms in total. The Balaban J connectivity index is 0.00000182. The van der Waals surface area contributed by atoms with Crippen molar-refractivity contribution >= 4 is 11.9 Å². The first-order chi connectivity index (χ1) is 11.3. The number of fused-ring (bicyclic) bond motifs is 5. The second-order valence-corrected chi connectivity index (χ2v) is 9.47. The Morgan fingerprint density at radius 1 is 1.04 bits per heavy atom. The van der Waals surface area contributed by atoms with Crippen molar-refractivity contribution in [2.24, 2.45) is 34.5 Å². The Bertz CT molecular complexity index is 581. The summed E-state index contributed by atoms with van der Waals surface area (Å²) in [6, 6.07) is 0.377. The Labute approximate surface area is 173 Å². The normalized spacial score (nSPS) is 48.8. The van der Waals surface area contributed by atoms with Gasteiger partial charge >= 0.3 is 29.6 Å². The van der Waals surface area contributed by atoms with Crippen molar-refractivity contribution in [1.29, 1.82) is 0 Å². The van der Waals surface area contributed by atoms with Gasteiger partial charge in [0.2, 0.25) is 5.91 Å². The van der Waals surface area contributed by atoms with Crippen molar-refractivity contribution in [2.45, 2.75) is 71.3 Å². The Hall–Kier alpha value is -0.0600. The van der Waals surface area contributed by atoms with Crippen molar-refractivity contribution in [2.75, 3.05) is 7.05 Å². The number of hydrogen-bond acceptors (Lipinski definition) is 3. The summed E-state index contributed by atoms with van der Waals surface area (Å²) in [6.45, 7) is 4.62. The van der Waals surface area contributed by atoms with Gasteiger partial charge in [-0.05, 0) is 73.5 Å². The first-order valence-electron chi connectivity index (χ1n) is 9.75. The van der Waals surface area contributed by atoms with E-state index < -0.39 is 5.97 Å². The van der Waals surface area contributed by atoms with E-state index in [1.807, 2.05) is 11.9 Å². The van der Waals surface area contributed by atoms with Gasteiger partial charge in [-0.3, -0.25) is 4.79 Å². The molecule has 7 atom stereocenters. The van der Waals surface area contributed by atoms with Crippen molar-refractivity contribution in [3.8, 4) is 0 Å². The minimum Gasteiger partial charge on any atom is -0.550 e. The molecule has 3 saturated carbocycles. The molecule has 0 radical (unpaired) electrons. The minimum absolute atomic E-state index is 0. The number of carboxylic acid groups (broad SMARTS) is 1. The number of carbonyl (C=O) groups is 2. The molecular formula is C20H30NNaO3. The number of nitrogens with zero attached hydrogens (tertiary/aromatic N) is 1. The van der Waals surface area contributed by atoms with Crippen LogP contribution in [-0.4, -0.2) is 29.9 Å². The number of amides is 1. The Kier molecular flexibility index (Phi) is 5.14. The van der Waals surface area contributed by atoms with Crippen LogP contribution in [0.4, 0.5) is 0 Å². The molecule has 1 heterocycles. The summed E-state index contributed by atoms with van der Waals surface area (Å²) >= 11 is 0. The van der Waals surface area contributed by atoms with Gasteiger partial charge in [0.15, 0.2) is 0 Å². The molecule has 0 aromatic heterocycles. The molecule has 0 spiro atoms. The molecule has 0 aromatic carbocycles. The topological polar surface area (TPSA) is 60.4 Å². The first kappa shape index (κ1) is 19.7. The van der Waals surface area contributed by atoms with Crippen LogP contribution in [0.25, 0.3) is 0 Å². The molecule has 3 aliphatic carbocycles. The van der Waals surface area contributed by atoms with Crippen LogP contribution in [0, 0.1) is 34.5 Å². The Morgan fingerprint density at radius 3 is 2.40 bits per heavy atom. The van der Waals surface area contributed by atoms with Crippen molar-refractivity contribution in [3.05, 3.63) is 0 Å². The van der Waals surface area contributed by atoms with Gasteiger partial charge in [-0.15, -0.1) is 0 Å². The molecule has 0 N–H and O–H groups in total. The second kappa shape index (κ2) is 6.53. The molecule has 4 aliphatic rings. The summed E-state index contributed by atoms with van der Waals surface area (Å²) in [7, 11) is 1.99. The molecule has 4 fully saturated rings. The molecule has 7 unspecified atom stereocenters. The van der Waals surface area contributed by atoms with Crippen LogP contribution in [0.2, 0.25) is 0 Å². The average molecular weight is 355 g/mol. The zero-order chi connectivity index (χ0) is 17.3. The van der Waals surface area contributed by atoms with Crippen LogP contribution >= 0.6 is 0 Å². The van der Waals surface area contributed by atoms with E-state index in [2.05, 4.69) is 13.8 Å². The van der Waals surface area contributed by atoms with Crippen molar-refractivity contribution < 1.29 is 44.3 Å². The molecule has 1 saturated heterocycles. The van der Waals surface area contributed by atoms with Crippen molar-refractivity contribution in [1.82, 2.24) is 4.90 Å². The van der Waals surface area contributed by atoms with E-state index in [0.717, 1.165) is 44.9 Å². The quantitative estimate of drug-likeness (QED) is 0.580. The van der Waals surface area contributed by atoms with E-state index in [9.17, 15) is 14.7 Å². The zero-order valence-corrected chi connectivity index (χ0v) is 18.2. The molecular weight excluding hydrogens is 325 g/mol. The molecule has 25 heavy (non-hydrogen) atoms. The summed E-state index contributed by atoms with van der Waals surface area (Å²) in [4.78, 5) is 25.8. The summed E-state index contributed by atoms with van der Waals surface area (Å²) in [5.74, 6) is 1.02. The predicted molar refractivity (Wildman–Crippen MR) is 88.7 cm³/mol. The molecule has 0 bridgehead atoms. The van der Waals surface area contributed by atoms with Gasteiger partial charge in [0.25, 0.3) is 0 Å². The molecule has 1 amide bonds. The molecule has 0 aromatic rings. The summed E-state index contributed by atoms with van der Waals surface area (Å²) in [5.41, 5.74) is 0.145. The third-order valence-electron chi connectivity index (χ3n) is 8.84. The zero-order valence-electron chi connectivity index (χ0n) is 16.2. The van der Waals surface area contributed by atoms with Crippen LogP contribution in [0.3, 0.4) is 0 Å². The van der Waals surface area contributed by atoms with E-state index in [0.29, 0.717) is 36.1 Å². The smallest absolute Gasteiger partial charge is 0.550 e. The summed E-state index contributed by atoms with van der Waals surface area (Å²) < 4.78 is 0. The average Bonchev–Trinajstić information content (AvgIpc) is 2.89. The first-order valence-corrected chi connectivity index (χ1v) is 9.75. The van der Waals surface area contributed by atoms with Gasteiger partial charge < -0.3 is 14.8 Å². The van der Waals surface area contributed by atoms with Crippen LogP contribution in [-0.2, 0) is 9.59 Å². The maximum absolute atomic E-state index is 12.2. The fraction of sp³-hybridized carbons (Fsp3) is 0.900. The number of aliphatic carboxylic acids is 1. The van der Waals surface area contributed by atoms with Gasteiger partial charge in [-0.25, -0.2) is 0 Å². The number of carbonyl (C=O) groups excluding carboxylic acids is 2. The third-order valence-corrected chi connectivity index (χ3v) is 8.84. The largest absolute Gasteiger partial charge is 1.00 e. The molecule has 4 rings (SSSR count). The second-order valence-electron chi connectivity index (χ2n) is 9.47. The summed E-state index contributed by atoms with van der Waals surface area (Å²) in [5, 5.41) is 11.6. The van der Waals surface area contributed by atoms with Gasteiger partial charge in [-0.1, -0.05) is 13.8 Å². The van der Waals surface area contributed by atoms with Crippen LogP contribution in [0.5, 0.6) is 0 Å². The van der Waals surface area contributed by atoms with Gasteiger partial charge in [0, 0.05) is 31.4 Å². The van der Waals surface area contributed by atoms with Crippen LogP contribution in [0.1, 0.15) is 65.2 Å². The third kappa shape index (κ3) is 2.65. The van der Waals surface area contributed by atoms with E-state index >= 15 is 0 Å². The maximum Gasteiger partial charge on any atom is 1.00 e. The van der Waals surface area contributed by atoms with Gasteiger partial charge in [0.05, 0.1) is 0 Å². The van der Waals surface area contributed by atoms with Crippen LogP contribution in [0.15, 0.2) is 0 Å². The van der Waals surface area contributed by atoms with E-state index in [-0.39, 0.29) is 46.3 Å². The molecule has 134 valence electrons. The predicted octanol–water partition coefficient (Wildman–Crippen LogP) is -0.780. The maximum atomic E-state index is 12.2. The van der Waals surface area contributed by atoms with Crippen LogP contribution < -0.4 is 34.7 Å². The van der Waals surface area contributed by atoms with Gasteiger partial charge in [-0.2, -0.15) is 0 Å². The fourth-order valence-electron chi connectivity index (χ4n) is 7.54. The van der Waals surface area contributed by atoms with Crippen molar-refractivity contribution in [3.63, 3.8) is 0 Å². The SMILES string of the molecule is CN1C(=O)CCC2(C)C3CCC4(C)C(C(=O)[O-])CCC4C3CCC12.[Na+]. The number of hydrogen-bond donors (Lipinski definition) is 0. The van der Waals surface area contributed by atoms with Gasteiger partial charge in [0.1, 0.15) is 0 Å². The fourth-order valence-corrected chi connectivity index (χ4v) is 7.54. The number of carboxylic acids is 1. The molecule has 1 aliphatic heterocycles. The number of piperidine rings is 1. The van der Waals surface area contributed by atoms with E-state index in [4.69, 9.17) is 0 Å². The standard InChI is InChI=1S/C20H31NO3.Na/c1-19-10-8-14-12(13(19)5-6-15(19)18(23)24)4-7-16-20(14,2)11-9-17(22)21(16)3;/h12-16H,4-11H2,1-3H3,(H,23,24);/q;+1/p-1. The number of rotatable bonds is 1. The monoisotopic (exact) mass is 355 g/mol. The minimum atomic E-state index is -0.832.